The highest BCUT2D eigenvalue weighted by atomic mass is 16.1. The molecule has 0 saturated heterocycles. The summed E-state index contributed by atoms with van der Waals surface area (Å²) in [5.41, 5.74) is 3.14. The van der Waals surface area contributed by atoms with Crippen molar-refractivity contribution < 1.29 is 4.79 Å². The van der Waals surface area contributed by atoms with Gasteiger partial charge in [-0.3, -0.25) is 4.79 Å². The fourth-order valence-corrected chi connectivity index (χ4v) is 5.90. The Morgan fingerprint density at radius 3 is 1.79 bits per heavy atom. The van der Waals surface area contributed by atoms with Crippen molar-refractivity contribution in [3.8, 4) is 0 Å². The van der Waals surface area contributed by atoms with Crippen molar-refractivity contribution >= 4 is 23.5 Å². The standard InChI is InChI=1S/C30H47N3O/c1-3-26-28(24-19-15-11-7-5-8-12-16-20-24)27(23-32-29(26)31-4-2)33-30(34)25-21-17-13-9-6-10-14-18-22-25/h3-4,23-25H,1-2,5-22H2,(H,31,32)(H,33,34). The molecule has 0 atom stereocenters. The zero-order valence-corrected chi connectivity index (χ0v) is 21.4. The number of carbonyl (C=O) groups excluding carboxylic acids is 1. The van der Waals surface area contributed by atoms with Gasteiger partial charge in [0.1, 0.15) is 5.82 Å². The number of carbonyl (C=O) groups is 1. The minimum absolute atomic E-state index is 0.105. The van der Waals surface area contributed by atoms with Crippen LogP contribution in [0.5, 0.6) is 0 Å². The van der Waals surface area contributed by atoms with E-state index in [2.05, 4.69) is 28.8 Å². The van der Waals surface area contributed by atoms with Gasteiger partial charge in [-0.2, -0.15) is 0 Å². The summed E-state index contributed by atoms with van der Waals surface area (Å²) in [7, 11) is 0. The molecule has 0 aromatic carbocycles. The molecule has 0 radical (unpaired) electrons. The molecule has 34 heavy (non-hydrogen) atoms. The van der Waals surface area contributed by atoms with Crippen LogP contribution in [-0.2, 0) is 4.79 Å². The van der Waals surface area contributed by atoms with E-state index in [1.54, 1.807) is 6.20 Å². The molecule has 0 aliphatic heterocycles. The second kappa shape index (κ2) is 15.0. The fraction of sp³-hybridized carbons (Fsp3) is 0.667. The minimum Gasteiger partial charge on any atom is -0.347 e. The Labute approximate surface area is 208 Å². The number of hydrogen-bond donors (Lipinski definition) is 2. The van der Waals surface area contributed by atoms with E-state index in [-0.39, 0.29) is 11.8 Å². The van der Waals surface area contributed by atoms with E-state index >= 15 is 0 Å². The maximum absolute atomic E-state index is 13.5. The molecule has 2 aliphatic carbocycles. The van der Waals surface area contributed by atoms with E-state index in [0.29, 0.717) is 5.92 Å². The van der Waals surface area contributed by atoms with Gasteiger partial charge in [-0.15, -0.1) is 0 Å². The number of amides is 1. The Morgan fingerprint density at radius 2 is 1.29 bits per heavy atom. The molecular formula is C30H47N3O. The first-order chi connectivity index (χ1) is 16.7. The Morgan fingerprint density at radius 1 is 0.794 bits per heavy atom. The highest BCUT2D eigenvalue weighted by molar-refractivity contribution is 5.94. The molecule has 2 saturated carbocycles. The topological polar surface area (TPSA) is 54.0 Å². The van der Waals surface area contributed by atoms with Crippen molar-refractivity contribution in [2.45, 2.75) is 121 Å². The number of aromatic nitrogens is 1. The smallest absolute Gasteiger partial charge is 0.227 e. The number of nitrogens with zero attached hydrogens (tertiary/aromatic N) is 1. The molecule has 1 aromatic heterocycles. The molecule has 0 bridgehead atoms. The predicted molar refractivity (Wildman–Crippen MR) is 146 cm³/mol. The van der Waals surface area contributed by atoms with Gasteiger partial charge in [0.2, 0.25) is 5.91 Å². The summed E-state index contributed by atoms with van der Waals surface area (Å²) in [6.07, 6.45) is 27.7. The molecule has 2 N–H and O–H groups in total. The largest absolute Gasteiger partial charge is 0.347 e. The summed E-state index contributed by atoms with van der Waals surface area (Å²) in [5.74, 6) is 1.49. The second-order valence-electron chi connectivity index (χ2n) is 10.4. The minimum atomic E-state index is 0.105. The summed E-state index contributed by atoms with van der Waals surface area (Å²) >= 11 is 0. The molecule has 2 fully saturated rings. The van der Waals surface area contributed by atoms with Crippen LogP contribution in [0, 0.1) is 5.92 Å². The van der Waals surface area contributed by atoms with E-state index < -0.39 is 0 Å². The van der Waals surface area contributed by atoms with Gasteiger partial charge < -0.3 is 10.6 Å². The zero-order valence-electron chi connectivity index (χ0n) is 21.4. The van der Waals surface area contributed by atoms with Crippen molar-refractivity contribution in [3.63, 3.8) is 0 Å². The molecule has 4 heteroatoms. The lowest BCUT2D eigenvalue weighted by Gasteiger charge is -2.26. The number of rotatable bonds is 6. The Bertz CT molecular complexity index is 768. The van der Waals surface area contributed by atoms with Gasteiger partial charge in [0.05, 0.1) is 11.9 Å². The van der Waals surface area contributed by atoms with Crippen LogP contribution in [0.1, 0.15) is 133 Å². The number of nitrogens with one attached hydrogen (secondary N) is 2. The molecule has 0 spiro atoms. The molecule has 0 unspecified atom stereocenters. The third-order valence-corrected chi connectivity index (χ3v) is 7.85. The van der Waals surface area contributed by atoms with Crippen LogP contribution in [0.3, 0.4) is 0 Å². The molecule has 1 aromatic rings. The van der Waals surface area contributed by atoms with Crippen molar-refractivity contribution in [2.24, 2.45) is 5.92 Å². The third kappa shape index (κ3) is 7.99. The fourth-order valence-electron chi connectivity index (χ4n) is 5.90. The SMILES string of the molecule is C=CNc1ncc(NC(=O)C2CCCCCCCCC2)c(C2CCCCCCCCC2)c1C=C. The Kier molecular flexibility index (Phi) is 11.7. The van der Waals surface area contributed by atoms with Crippen LogP contribution in [0.2, 0.25) is 0 Å². The molecule has 2 aliphatic rings. The Balaban J connectivity index is 1.87. The van der Waals surface area contributed by atoms with Crippen LogP contribution in [0.25, 0.3) is 6.08 Å². The summed E-state index contributed by atoms with van der Waals surface area (Å²) in [4.78, 5) is 18.2. The van der Waals surface area contributed by atoms with Crippen molar-refractivity contribution in [1.29, 1.82) is 0 Å². The first-order valence-corrected chi connectivity index (χ1v) is 14.1. The number of pyridine rings is 1. The lowest BCUT2D eigenvalue weighted by atomic mass is 9.83. The maximum atomic E-state index is 13.5. The maximum Gasteiger partial charge on any atom is 0.227 e. The van der Waals surface area contributed by atoms with Crippen LogP contribution in [0.15, 0.2) is 25.6 Å². The Hall–Kier alpha value is -2.10. The summed E-state index contributed by atoms with van der Waals surface area (Å²) in [6, 6.07) is 0. The van der Waals surface area contributed by atoms with Crippen molar-refractivity contribution in [3.05, 3.63) is 36.7 Å². The average molecular weight is 466 g/mol. The highest BCUT2D eigenvalue weighted by Crippen LogP contribution is 2.39. The lowest BCUT2D eigenvalue weighted by Crippen LogP contribution is -2.25. The molecular weight excluding hydrogens is 418 g/mol. The summed E-state index contributed by atoms with van der Waals surface area (Å²) in [5, 5.41) is 6.56. The summed E-state index contributed by atoms with van der Waals surface area (Å²) < 4.78 is 0. The first kappa shape index (κ1) is 26.5. The van der Waals surface area contributed by atoms with Gasteiger partial charge in [0.15, 0.2) is 0 Å². The third-order valence-electron chi connectivity index (χ3n) is 7.85. The van der Waals surface area contributed by atoms with Gasteiger partial charge in [0, 0.05) is 11.5 Å². The van der Waals surface area contributed by atoms with E-state index in [1.807, 2.05) is 12.3 Å². The van der Waals surface area contributed by atoms with Crippen molar-refractivity contribution in [2.75, 3.05) is 10.6 Å². The zero-order chi connectivity index (χ0) is 24.0. The lowest BCUT2D eigenvalue weighted by molar-refractivity contribution is -0.120. The van der Waals surface area contributed by atoms with E-state index in [0.717, 1.165) is 55.6 Å². The van der Waals surface area contributed by atoms with Crippen LogP contribution >= 0.6 is 0 Å². The van der Waals surface area contributed by atoms with Crippen LogP contribution in [-0.4, -0.2) is 10.9 Å². The van der Waals surface area contributed by atoms with Gasteiger partial charge in [0.25, 0.3) is 0 Å². The van der Waals surface area contributed by atoms with Gasteiger partial charge in [-0.1, -0.05) is 109 Å². The number of anilines is 2. The first-order valence-electron chi connectivity index (χ1n) is 14.1. The molecule has 1 amide bonds. The average Bonchev–Trinajstić information content (AvgIpc) is 2.86. The van der Waals surface area contributed by atoms with E-state index in [1.165, 1.54) is 82.6 Å². The predicted octanol–water partition coefficient (Wildman–Crippen LogP) is 8.97. The summed E-state index contributed by atoms with van der Waals surface area (Å²) in [6.45, 7) is 7.96. The van der Waals surface area contributed by atoms with Gasteiger partial charge >= 0.3 is 0 Å². The highest BCUT2D eigenvalue weighted by Gasteiger charge is 2.25. The molecule has 3 rings (SSSR count). The van der Waals surface area contributed by atoms with Gasteiger partial charge in [-0.05, 0) is 43.4 Å². The van der Waals surface area contributed by atoms with Crippen LogP contribution < -0.4 is 10.6 Å². The van der Waals surface area contributed by atoms with E-state index in [9.17, 15) is 4.79 Å². The second-order valence-corrected chi connectivity index (χ2v) is 10.4. The molecule has 4 nitrogen and oxygen atoms in total. The molecule has 188 valence electrons. The quantitative estimate of drug-likeness (QED) is 0.441. The van der Waals surface area contributed by atoms with Gasteiger partial charge in [-0.25, -0.2) is 4.98 Å². The normalized spacial score (nSPS) is 20.1. The van der Waals surface area contributed by atoms with E-state index in [4.69, 9.17) is 0 Å². The van der Waals surface area contributed by atoms with Crippen molar-refractivity contribution in [1.82, 2.24) is 4.98 Å². The molecule has 1 heterocycles. The monoisotopic (exact) mass is 465 g/mol. The van der Waals surface area contributed by atoms with Crippen LogP contribution in [0.4, 0.5) is 11.5 Å². The number of hydrogen-bond acceptors (Lipinski definition) is 3.